The van der Waals surface area contributed by atoms with E-state index < -0.39 is 11.9 Å². The van der Waals surface area contributed by atoms with Gasteiger partial charge in [-0.15, -0.1) is 12.4 Å². The van der Waals surface area contributed by atoms with Crippen LogP contribution in [0.4, 0.5) is 4.39 Å². The van der Waals surface area contributed by atoms with Crippen LogP contribution >= 0.6 is 12.4 Å². The fraction of sp³-hybridized carbons (Fsp3) is 0.467. The Labute approximate surface area is 135 Å². The molecule has 22 heavy (non-hydrogen) atoms. The van der Waals surface area contributed by atoms with Gasteiger partial charge >= 0.3 is 0 Å². The lowest BCUT2D eigenvalue weighted by atomic mass is 10.2. The number of halogens is 2. The smallest absolute Gasteiger partial charge is 0.267 e. The standard InChI is InChI=1S/C15H20FN3O2.ClH/c1-4-12(20-13-8-6-5-7-11(13)16)15-18-14(19-21-15)9-10(2)17-3;/h5-8,10,12,17H,4,9H2,1-3H3;1H. The van der Waals surface area contributed by atoms with Gasteiger partial charge in [-0.1, -0.05) is 24.2 Å². The normalized spacial score (nSPS) is 13.3. The first-order chi connectivity index (χ1) is 10.1. The van der Waals surface area contributed by atoms with E-state index in [0.29, 0.717) is 24.6 Å². The zero-order chi connectivity index (χ0) is 15.2. The summed E-state index contributed by atoms with van der Waals surface area (Å²) in [6.45, 7) is 3.95. The molecule has 1 aromatic heterocycles. The topological polar surface area (TPSA) is 60.2 Å². The van der Waals surface area contributed by atoms with Crippen molar-refractivity contribution in [1.82, 2.24) is 15.5 Å². The van der Waals surface area contributed by atoms with Crippen molar-refractivity contribution in [2.24, 2.45) is 0 Å². The first kappa shape index (κ1) is 18.4. The average Bonchev–Trinajstić information content (AvgIpc) is 2.94. The molecule has 0 aliphatic carbocycles. The molecule has 0 fully saturated rings. The molecule has 2 atom stereocenters. The third-order valence-corrected chi connectivity index (χ3v) is 3.22. The van der Waals surface area contributed by atoms with Gasteiger partial charge in [0, 0.05) is 12.5 Å². The number of likely N-dealkylation sites (N-methyl/N-ethyl adjacent to an activating group) is 1. The van der Waals surface area contributed by atoms with E-state index in [9.17, 15) is 4.39 Å². The molecule has 0 spiro atoms. The van der Waals surface area contributed by atoms with Gasteiger partial charge in [-0.25, -0.2) is 4.39 Å². The van der Waals surface area contributed by atoms with Crippen LogP contribution in [0.25, 0.3) is 0 Å². The van der Waals surface area contributed by atoms with Gasteiger partial charge in [0.15, 0.2) is 23.5 Å². The summed E-state index contributed by atoms with van der Waals surface area (Å²) in [7, 11) is 1.88. The number of rotatable bonds is 7. The van der Waals surface area contributed by atoms with Gasteiger partial charge in [0.25, 0.3) is 5.89 Å². The molecular weight excluding hydrogens is 309 g/mol. The van der Waals surface area contributed by atoms with E-state index in [2.05, 4.69) is 15.5 Å². The highest BCUT2D eigenvalue weighted by Crippen LogP contribution is 2.25. The summed E-state index contributed by atoms with van der Waals surface area (Å²) in [4.78, 5) is 4.33. The second-order valence-corrected chi connectivity index (χ2v) is 4.89. The van der Waals surface area contributed by atoms with Crippen LogP contribution in [0.2, 0.25) is 0 Å². The van der Waals surface area contributed by atoms with Crippen molar-refractivity contribution in [1.29, 1.82) is 0 Å². The van der Waals surface area contributed by atoms with E-state index in [0.717, 1.165) is 0 Å². The Morgan fingerprint density at radius 2 is 2.09 bits per heavy atom. The molecule has 7 heteroatoms. The minimum absolute atomic E-state index is 0. The van der Waals surface area contributed by atoms with Crippen molar-refractivity contribution in [3.05, 3.63) is 41.8 Å². The fourth-order valence-corrected chi connectivity index (χ4v) is 1.86. The molecule has 0 saturated heterocycles. The molecule has 2 aromatic rings. The summed E-state index contributed by atoms with van der Waals surface area (Å²) in [5, 5.41) is 7.05. The summed E-state index contributed by atoms with van der Waals surface area (Å²) in [6, 6.07) is 6.53. The number of nitrogens with one attached hydrogen (secondary N) is 1. The van der Waals surface area contributed by atoms with Gasteiger partial charge < -0.3 is 14.6 Å². The highest BCUT2D eigenvalue weighted by Gasteiger charge is 2.21. The molecule has 5 nitrogen and oxygen atoms in total. The van der Waals surface area contributed by atoms with Crippen LogP contribution in [0.1, 0.15) is 38.1 Å². The third kappa shape index (κ3) is 4.68. The quantitative estimate of drug-likeness (QED) is 0.844. The number of nitrogens with zero attached hydrogens (tertiary/aromatic N) is 2. The molecule has 1 aromatic carbocycles. The molecule has 0 amide bonds. The Bertz CT molecular complexity index is 579. The number of para-hydroxylation sites is 1. The zero-order valence-electron chi connectivity index (χ0n) is 12.9. The summed E-state index contributed by atoms with van der Waals surface area (Å²) in [5.41, 5.74) is 0. The van der Waals surface area contributed by atoms with Crippen molar-refractivity contribution in [3.63, 3.8) is 0 Å². The summed E-state index contributed by atoms with van der Waals surface area (Å²) in [5.74, 6) is 0.772. The van der Waals surface area contributed by atoms with Crippen molar-refractivity contribution in [3.8, 4) is 5.75 Å². The number of benzene rings is 1. The van der Waals surface area contributed by atoms with Gasteiger partial charge in [0.2, 0.25) is 0 Å². The van der Waals surface area contributed by atoms with Crippen LogP contribution in [0, 0.1) is 5.82 Å². The molecule has 0 radical (unpaired) electrons. The summed E-state index contributed by atoms with van der Waals surface area (Å²) in [6.07, 6.45) is 0.821. The van der Waals surface area contributed by atoms with E-state index in [-0.39, 0.29) is 24.2 Å². The van der Waals surface area contributed by atoms with E-state index in [4.69, 9.17) is 9.26 Å². The van der Waals surface area contributed by atoms with E-state index in [1.165, 1.54) is 6.07 Å². The van der Waals surface area contributed by atoms with Crippen LogP contribution < -0.4 is 10.1 Å². The third-order valence-electron chi connectivity index (χ3n) is 3.22. The van der Waals surface area contributed by atoms with Crippen LogP contribution in [-0.2, 0) is 6.42 Å². The monoisotopic (exact) mass is 329 g/mol. The Morgan fingerprint density at radius 1 is 1.36 bits per heavy atom. The number of hydrogen-bond donors (Lipinski definition) is 1. The lowest BCUT2D eigenvalue weighted by Crippen LogP contribution is -2.24. The van der Waals surface area contributed by atoms with Crippen molar-refractivity contribution in [2.45, 2.75) is 38.8 Å². The van der Waals surface area contributed by atoms with Gasteiger partial charge in [-0.3, -0.25) is 0 Å². The van der Waals surface area contributed by atoms with E-state index in [1.807, 2.05) is 20.9 Å². The molecule has 2 unspecified atom stereocenters. The Kier molecular flexibility index (Phi) is 7.27. The fourth-order valence-electron chi connectivity index (χ4n) is 1.86. The Hall–Kier alpha value is -1.66. The van der Waals surface area contributed by atoms with Crippen molar-refractivity contribution < 1.29 is 13.7 Å². The van der Waals surface area contributed by atoms with Crippen molar-refractivity contribution in [2.75, 3.05) is 7.05 Å². The molecule has 0 saturated carbocycles. The SMILES string of the molecule is CCC(Oc1ccccc1F)c1nc(CC(C)NC)no1.Cl. The van der Waals surface area contributed by atoms with Gasteiger partial charge in [-0.05, 0) is 32.5 Å². The van der Waals surface area contributed by atoms with Gasteiger partial charge in [0.05, 0.1) is 0 Å². The predicted octanol–water partition coefficient (Wildman–Crippen LogP) is 3.31. The van der Waals surface area contributed by atoms with Crippen LogP contribution in [0.3, 0.4) is 0 Å². The molecule has 2 rings (SSSR count). The second-order valence-electron chi connectivity index (χ2n) is 4.89. The van der Waals surface area contributed by atoms with Crippen LogP contribution in [-0.4, -0.2) is 23.2 Å². The largest absolute Gasteiger partial charge is 0.478 e. The molecule has 0 bridgehead atoms. The average molecular weight is 330 g/mol. The Balaban J connectivity index is 0.00000242. The molecule has 1 heterocycles. The minimum atomic E-state index is -0.451. The first-order valence-electron chi connectivity index (χ1n) is 7.05. The Morgan fingerprint density at radius 3 is 2.73 bits per heavy atom. The highest BCUT2D eigenvalue weighted by atomic mass is 35.5. The summed E-state index contributed by atoms with van der Waals surface area (Å²) < 4.78 is 24.5. The second kappa shape index (κ2) is 8.70. The minimum Gasteiger partial charge on any atom is -0.478 e. The molecular formula is C15H21ClFN3O2. The summed E-state index contributed by atoms with van der Waals surface area (Å²) >= 11 is 0. The maximum Gasteiger partial charge on any atom is 0.267 e. The van der Waals surface area contributed by atoms with Crippen LogP contribution in [0.15, 0.2) is 28.8 Å². The van der Waals surface area contributed by atoms with E-state index >= 15 is 0 Å². The lowest BCUT2D eigenvalue weighted by molar-refractivity contribution is 0.148. The van der Waals surface area contributed by atoms with Crippen LogP contribution in [0.5, 0.6) is 5.75 Å². The van der Waals surface area contributed by atoms with Gasteiger partial charge in [-0.2, -0.15) is 4.98 Å². The predicted molar refractivity (Wildman–Crippen MR) is 83.8 cm³/mol. The highest BCUT2D eigenvalue weighted by molar-refractivity contribution is 5.85. The molecule has 0 aliphatic heterocycles. The molecule has 1 N–H and O–H groups in total. The maximum absolute atomic E-state index is 13.6. The van der Waals surface area contributed by atoms with E-state index in [1.54, 1.807) is 18.2 Å². The van der Waals surface area contributed by atoms with Crippen molar-refractivity contribution >= 4 is 12.4 Å². The number of ether oxygens (including phenoxy) is 1. The number of aromatic nitrogens is 2. The number of hydrogen-bond acceptors (Lipinski definition) is 5. The van der Waals surface area contributed by atoms with Gasteiger partial charge in [0.1, 0.15) is 0 Å². The molecule has 0 aliphatic rings. The zero-order valence-corrected chi connectivity index (χ0v) is 13.7. The maximum atomic E-state index is 13.6. The lowest BCUT2D eigenvalue weighted by Gasteiger charge is -2.13. The first-order valence-corrected chi connectivity index (χ1v) is 7.05. The molecule has 122 valence electrons.